The second kappa shape index (κ2) is 6.32. The van der Waals surface area contributed by atoms with E-state index in [9.17, 15) is 4.79 Å². The molecule has 5 nitrogen and oxygen atoms in total. The average molecular weight is 311 g/mol. The Balaban J connectivity index is 1.99. The molecule has 20 heavy (non-hydrogen) atoms. The third-order valence-electron chi connectivity index (χ3n) is 2.82. The van der Waals surface area contributed by atoms with Crippen molar-refractivity contribution in [2.75, 3.05) is 5.32 Å². The van der Waals surface area contributed by atoms with E-state index >= 15 is 0 Å². The van der Waals surface area contributed by atoms with Crippen LogP contribution < -0.4 is 5.32 Å². The topological polar surface area (TPSA) is 75.1 Å². The van der Waals surface area contributed by atoms with Crippen LogP contribution in [0.4, 0.5) is 5.13 Å². The summed E-state index contributed by atoms with van der Waals surface area (Å²) in [7, 11) is 0. The summed E-state index contributed by atoms with van der Waals surface area (Å²) >= 11 is 3.19. The van der Waals surface area contributed by atoms with E-state index in [1.165, 1.54) is 16.2 Å². The molecule has 0 radical (unpaired) electrons. The number of nitrogens with one attached hydrogen (secondary N) is 1. The first-order valence-corrected chi connectivity index (χ1v) is 8.02. The molecule has 7 heteroatoms. The van der Waals surface area contributed by atoms with Crippen molar-refractivity contribution in [1.82, 2.24) is 9.97 Å². The minimum Gasteiger partial charge on any atom is -0.481 e. The monoisotopic (exact) mass is 311 g/mol. The predicted molar refractivity (Wildman–Crippen MR) is 81.7 cm³/mol. The lowest BCUT2D eigenvalue weighted by atomic mass is 10.2. The van der Waals surface area contributed by atoms with Crippen LogP contribution in [0.25, 0.3) is 0 Å². The Morgan fingerprint density at radius 1 is 1.45 bits per heavy atom. The molecule has 1 atom stereocenters. The van der Waals surface area contributed by atoms with Gasteiger partial charge in [0.25, 0.3) is 0 Å². The minimum atomic E-state index is -0.795. The van der Waals surface area contributed by atoms with Crippen LogP contribution in [0.1, 0.15) is 40.7 Å². The van der Waals surface area contributed by atoms with Gasteiger partial charge < -0.3 is 10.4 Å². The van der Waals surface area contributed by atoms with E-state index in [-0.39, 0.29) is 12.5 Å². The molecule has 2 aromatic rings. The molecule has 1 unspecified atom stereocenters. The van der Waals surface area contributed by atoms with Gasteiger partial charge in [0.15, 0.2) is 5.13 Å². The zero-order valence-electron chi connectivity index (χ0n) is 11.6. The number of hydrogen-bond acceptors (Lipinski definition) is 6. The van der Waals surface area contributed by atoms with Crippen LogP contribution in [0.3, 0.4) is 0 Å². The van der Waals surface area contributed by atoms with Gasteiger partial charge in [-0.25, -0.2) is 9.97 Å². The van der Waals surface area contributed by atoms with E-state index in [0.29, 0.717) is 6.42 Å². The fourth-order valence-electron chi connectivity index (χ4n) is 1.92. The number of anilines is 1. The molecule has 0 aromatic carbocycles. The molecule has 2 rings (SSSR count). The molecular weight excluding hydrogens is 294 g/mol. The first-order chi connectivity index (χ1) is 9.45. The van der Waals surface area contributed by atoms with Gasteiger partial charge in [0.05, 0.1) is 28.9 Å². The molecule has 0 fully saturated rings. The number of nitrogens with zero attached hydrogens (tertiary/aromatic N) is 2. The maximum absolute atomic E-state index is 10.5. The molecule has 2 aromatic heterocycles. The van der Waals surface area contributed by atoms with Gasteiger partial charge in [0.1, 0.15) is 0 Å². The zero-order valence-corrected chi connectivity index (χ0v) is 13.3. The number of carboxylic acid groups (broad SMARTS) is 1. The molecule has 0 aliphatic carbocycles. The van der Waals surface area contributed by atoms with Crippen molar-refractivity contribution in [2.45, 2.75) is 39.7 Å². The van der Waals surface area contributed by atoms with E-state index in [1.807, 2.05) is 19.2 Å². The maximum Gasteiger partial charge on any atom is 0.303 e. The largest absolute Gasteiger partial charge is 0.481 e. The van der Waals surface area contributed by atoms with Crippen LogP contribution in [0.15, 0.2) is 5.38 Å². The maximum atomic E-state index is 10.5. The van der Waals surface area contributed by atoms with Gasteiger partial charge >= 0.3 is 5.97 Å². The highest BCUT2D eigenvalue weighted by atomic mass is 32.1. The molecule has 0 aliphatic heterocycles. The quantitative estimate of drug-likeness (QED) is 0.855. The third-order valence-corrected chi connectivity index (χ3v) is 4.90. The molecule has 0 spiro atoms. The Morgan fingerprint density at radius 3 is 2.80 bits per heavy atom. The van der Waals surface area contributed by atoms with Crippen LogP contribution in [-0.4, -0.2) is 21.0 Å². The molecule has 0 aliphatic rings. The lowest BCUT2D eigenvalue weighted by molar-refractivity contribution is -0.136. The van der Waals surface area contributed by atoms with Crippen LogP contribution >= 0.6 is 22.7 Å². The predicted octanol–water partition coefficient (Wildman–Crippen LogP) is 3.41. The lowest BCUT2D eigenvalue weighted by Gasteiger charge is -2.11. The Bertz CT molecular complexity index is 607. The van der Waals surface area contributed by atoms with Crippen molar-refractivity contribution in [2.24, 2.45) is 0 Å². The van der Waals surface area contributed by atoms with Gasteiger partial charge in [-0.1, -0.05) is 0 Å². The highest BCUT2D eigenvalue weighted by Gasteiger charge is 2.14. The average Bonchev–Trinajstić information content (AvgIpc) is 2.93. The second-order valence-corrected chi connectivity index (χ2v) is 6.68. The van der Waals surface area contributed by atoms with Crippen molar-refractivity contribution in [3.63, 3.8) is 0 Å². The number of carboxylic acids is 1. The smallest absolute Gasteiger partial charge is 0.303 e. The zero-order chi connectivity index (χ0) is 14.7. The number of aromatic nitrogens is 2. The van der Waals surface area contributed by atoms with Crippen molar-refractivity contribution >= 4 is 33.8 Å². The van der Waals surface area contributed by atoms with E-state index in [2.05, 4.69) is 22.2 Å². The minimum absolute atomic E-state index is 0.117. The summed E-state index contributed by atoms with van der Waals surface area (Å²) in [4.78, 5) is 20.6. The Hall–Kier alpha value is -1.47. The number of carbonyl (C=O) groups is 1. The summed E-state index contributed by atoms with van der Waals surface area (Å²) in [5.74, 6) is -0.795. The highest BCUT2D eigenvalue weighted by molar-refractivity contribution is 7.14. The molecule has 2 N–H and O–H groups in total. The Morgan fingerprint density at radius 2 is 2.20 bits per heavy atom. The highest BCUT2D eigenvalue weighted by Crippen LogP contribution is 2.28. The summed E-state index contributed by atoms with van der Waals surface area (Å²) in [5, 5.41) is 15.8. The van der Waals surface area contributed by atoms with Crippen molar-refractivity contribution in [3.8, 4) is 0 Å². The number of rotatable bonds is 6. The Kier molecular flexibility index (Phi) is 4.72. The standard InChI is InChI=1S/C13H17N3O2S2/c1-7-12(20-9(3)14-7)8(2)15-13-16-10(6-19-13)4-5-11(17)18/h6,8H,4-5H2,1-3H3,(H,15,16)(H,17,18). The van der Waals surface area contributed by atoms with Crippen LogP contribution in [0.2, 0.25) is 0 Å². The number of aryl methyl sites for hydroxylation is 3. The molecule has 0 amide bonds. The van der Waals surface area contributed by atoms with Gasteiger partial charge in [-0.05, 0) is 20.8 Å². The molecule has 108 valence electrons. The third kappa shape index (κ3) is 3.77. The van der Waals surface area contributed by atoms with Gasteiger partial charge in [0, 0.05) is 16.7 Å². The molecule has 0 saturated heterocycles. The molecule has 0 saturated carbocycles. The summed E-state index contributed by atoms with van der Waals surface area (Å²) in [6.07, 6.45) is 0.590. The van der Waals surface area contributed by atoms with Crippen LogP contribution in [-0.2, 0) is 11.2 Å². The SMILES string of the molecule is Cc1nc(C)c(C(C)Nc2nc(CCC(=O)O)cs2)s1. The summed E-state index contributed by atoms with van der Waals surface area (Å²) in [6, 6.07) is 0.152. The molecular formula is C13H17N3O2S2. The first-order valence-electron chi connectivity index (χ1n) is 6.32. The van der Waals surface area contributed by atoms with E-state index < -0.39 is 5.97 Å². The number of thiazole rings is 2. The summed E-state index contributed by atoms with van der Waals surface area (Å²) in [5.41, 5.74) is 1.87. The van der Waals surface area contributed by atoms with Crippen molar-refractivity contribution in [1.29, 1.82) is 0 Å². The van der Waals surface area contributed by atoms with E-state index in [4.69, 9.17) is 5.11 Å². The van der Waals surface area contributed by atoms with Gasteiger partial charge in [0.2, 0.25) is 0 Å². The number of hydrogen-bond donors (Lipinski definition) is 2. The van der Waals surface area contributed by atoms with E-state index in [0.717, 1.165) is 21.5 Å². The van der Waals surface area contributed by atoms with Crippen molar-refractivity contribution < 1.29 is 9.90 Å². The second-order valence-electron chi connectivity index (χ2n) is 4.59. The Labute approximate surface area is 125 Å². The van der Waals surface area contributed by atoms with Gasteiger partial charge in [-0.15, -0.1) is 22.7 Å². The van der Waals surface area contributed by atoms with Crippen LogP contribution in [0, 0.1) is 13.8 Å². The first kappa shape index (κ1) is 14.9. The van der Waals surface area contributed by atoms with Gasteiger partial charge in [-0.3, -0.25) is 4.79 Å². The summed E-state index contributed by atoms with van der Waals surface area (Å²) < 4.78 is 0. The molecule has 0 bridgehead atoms. The van der Waals surface area contributed by atoms with Crippen molar-refractivity contribution in [3.05, 3.63) is 26.7 Å². The molecule has 2 heterocycles. The summed E-state index contributed by atoms with van der Waals surface area (Å²) in [6.45, 7) is 6.09. The fourth-order valence-corrected chi connectivity index (χ4v) is 3.69. The van der Waals surface area contributed by atoms with E-state index in [1.54, 1.807) is 11.3 Å². The van der Waals surface area contributed by atoms with Crippen LogP contribution in [0.5, 0.6) is 0 Å². The number of aliphatic carboxylic acids is 1. The fraction of sp³-hybridized carbons (Fsp3) is 0.462. The van der Waals surface area contributed by atoms with Gasteiger partial charge in [-0.2, -0.15) is 0 Å². The lowest BCUT2D eigenvalue weighted by Crippen LogP contribution is -2.06. The normalized spacial score (nSPS) is 12.3.